The van der Waals surface area contributed by atoms with Crippen LogP contribution in [0.5, 0.6) is 5.75 Å². The number of pyridine rings is 1. The predicted molar refractivity (Wildman–Crippen MR) is 136 cm³/mol. The van der Waals surface area contributed by atoms with Crippen LogP contribution in [0.15, 0.2) is 64.4 Å². The molecule has 1 aromatic heterocycles. The van der Waals surface area contributed by atoms with E-state index < -0.39 is 53.6 Å². The number of halogens is 4. The molecule has 0 saturated heterocycles. The highest BCUT2D eigenvalue weighted by Crippen LogP contribution is 2.42. The summed E-state index contributed by atoms with van der Waals surface area (Å²) in [6, 6.07) is 11.1. The van der Waals surface area contributed by atoms with Crippen molar-refractivity contribution in [3.05, 3.63) is 93.2 Å². The molecule has 0 aliphatic carbocycles. The van der Waals surface area contributed by atoms with Crippen molar-refractivity contribution in [3.63, 3.8) is 0 Å². The van der Waals surface area contributed by atoms with E-state index in [4.69, 9.17) is 4.74 Å². The van der Waals surface area contributed by atoms with E-state index in [1.165, 1.54) is 33.7 Å². The van der Waals surface area contributed by atoms with Crippen LogP contribution >= 0.6 is 11.8 Å². The minimum absolute atomic E-state index is 0.0256. The number of thioether (sulfide) groups is 1. The van der Waals surface area contributed by atoms with Crippen molar-refractivity contribution in [1.82, 2.24) is 9.58 Å². The smallest absolute Gasteiger partial charge is 0.408 e. The summed E-state index contributed by atoms with van der Waals surface area (Å²) in [5.41, 5.74) is 0.688. The lowest BCUT2D eigenvalue weighted by Gasteiger charge is -2.43. The molecule has 2 aliphatic rings. The molecule has 3 aromatic rings. The van der Waals surface area contributed by atoms with E-state index in [-0.39, 0.29) is 12.4 Å². The molecule has 2 atom stereocenters. The Bertz CT molecular complexity index is 1520. The van der Waals surface area contributed by atoms with E-state index in [0.717, 1.165) is 30.4 Å². The average Bonchev–Trinajstić information content (AvgIpc) is 3.03. The fraction of sp³-hybridized carbons (Fsp3) is 0.296. The summed E-state index contributed by atoms with van der Waals surface area (Å²) in [5, 5.41) is 1.47. The summed E-state index contributed by atoms with van der Waals surface area (Å²) in [5.74, 6) is -3.18. The number of nitrogens with zero attached hydrogens (tertiary/aromatic N) is 3. The summed E-state index contributed by atoms with van der Waals surface area (Å²) in [7, 11) is 0. The van der Waals surface area contributed by atoms with Crippen LogP contribution in [0.3, 0.4) is 0 Å². The van der Waals surface area contributed by atoms with Gasteiger partial charge in [0.15, 0.2) is 5.69 Å². The largest absolute Gasteiger partial charge is 0.420 e. The summed E-state index contributed by atoms with van der Waals surface area (Å²) < 4.78 is 62.7. The third-order valence-electron chi connectivity index (χ3n) is 6.90. The normalized spacial score (nSPS) is 17.6. The Balaban J connectivity index is 1.68. The SMILES string of the molecule is CC(=O)Oc1c2n(ccc1=O)N(C[C@H]1c3ccccc3SCc3c(F)cccc31)CN([C@@H](C)C(F)(F)F)C2=O. The van der Waals surface area contributed by atoms with Crippen molar-refractivity contribution >= 4 is 23.6 Å². The monoisotopic (exact) mass is 561 g/mol. The number of benzene rings is 2. The lowest BCUT2D eigenvalue weighted by Crippen LogP contribution is -2.60. The second-order valence-corrected chi connectivity index (χ2v) is 10.3. The van der Waals surface area contributed by atoms with Crippen LogP contribution in [-0.4, -0.2) is 46.9 Å². The van der Waals surface area contributed by atoms with Gasteiger partial charge in [-0.15, -0.1) is 11.8 Å². The number of carbonyl (C=O) groups excluding carboxylic acids is 2. The second-order valence-electron chi connectivity index (χ2n) is 9.31. The van der Waals surface area contributed by atoms with Crippen LogP contribution in [-0.2, 0) is 10.5 Å². The molecule has 0 saturated carbocycles. The zero-order valence-corrected chi connectivity index (χ0v) is 21.7. The van der Waals surface area contributed by atoms with Gasteiger partial charge < -0.3 is 9.64 Å². The number of carbonyl (C=O) groups is 2. The molecule has 39 heavy (non-hydrogen) atoms. The first-order chi connectivity index (χ1) is 18.5. The number of alkyl halides is 3. The minimum Gasteiger partial charge on any atom is -0.420 e. The first-order valence-electron chi connectivity index (χ1n) is 12.0. The van der Waals surface area contributed by atoms with Crippen LogP contribution in [0.1, 0.15) is 46.9 Å². The molecule has 12 heteroatoms. The Morgan fingerprint density at radius 3 is 2.54 bits per heavy atom. The van der Waals surface area contributed by atoms with Crippen molar-refractivity contribution in [2.75, 3.05) is 18.2 Å². The van der Waals surface area contributed by atoms with E-state index >= 15 is 0 Å². The highest BCUT2D eigenvalue weighted by atomic mass is 32.2. The lowest BCUT2D eigenvalue weighted by atomic mass is 9.88. The van der Waals surface area contributed by atoms with E-state index in [1.807, 2.05) is 24.3 Å². The number of rotatable bonds is 4. The Morgan fingerprint density at radius 1 is 1.10 bits per heavy atom. The summed E-state index contributed by atoms with van der Waals surface area (Å²) in [6.45, 7) is 1.42. The molecule has 0 radical (unpaired) electrons. The van der Waals surface area contributed by atoms with Crippen molar-refractivity contribution in [2.45, 2.75) is 42.6 Å². The number of hydrogen-bond donors (Lipinski definition) is 0. The third-order valence-corrected chi connectivity index (χ3v) is 8.01. The van der Waals surface area contributed by atoms with Crippen molar-refractivity contribution in [1.29, 1.82) is 0 Å². The van der Waals surface area contributed by atoms with Gasteiger partial charge in [-0.3, -0.25) is 24.1 Å². The highest BCUT2D eigenvalue weighted by Gasteiger charge is 2.46. The predicted octanol–water partition coefficient (Wildman–Crippen LogP) is 4.65. The topological polar surface area (TPSA) is 71.8 Å². The zero-order chi connectivity index (χ0) is 28.1. The molecule has 0 unspecified atom stereocenters. The Morgan fingerprint density at radius 2 is 1.82 bits per heavy atom. The van der Waals surface area contributed by atoms with Gasteiger partial charge in [0.1, 0.15) is 18.5 Å². The molecule has 2 aromatic carbocycles. The van der Waals surface area contributed by atoms with Gasteiger partial charge in [0.25, 0.3) is 5.91 Å². The summed E-state index contributed by atoms with van der Waals surface area (Å²) >= 11 is 1.46. The fourth-order valence-corrected chi connectivity index (χ4v) is 6.08. The molecular weight excluding hydrogens is 538 g/mol. The van der Waals surface area contributed by atoms with Crippen LogP contribution in [0.25, 0.3) is 0 Å². The van der Waals surface area contributed by atoms with Crippen LogP contribution < -0.4 is 15.2 Å². The molecule has 0 N–H and O–H groups in total. The average molecular weight is 562 g/mol. The number of ether oxygens (including phenoxy) is 1. The number of fused-ring (bicyclic) bond motifs is 3. The summed E-state index contributed by atoms with van der Waals surface area (Å²) in [6.07, 6.45) is -3.50. The number of hydrogen-bond acceptors (Lipinski definition) is 6. The molecule has 0 fully saturated rings. The van der Waals surface area contributed by atoms with Gasteiger partial charge in [0.05, 0.1) is 0 Å². The second kappa shape index (κ2) is 10.1. The number of esters is 1. The molecule has 3 heterocycles. The van der Waals surface area contributed by atoms with Gasteiger partial charge in [-0.25, -0.2) is 4.39 Å². The highest BCUT2D eigenvalue weighted by molar-refractivity contribution is 7.98. The molecule has 0 spiro atoms. The van der Waals surface area contributed by atoms with Gasteiger partial charge in [-0.1, -0.05) is 30.3 Å². The molecule has 5 rings (SSSR count). The van der Waals surface area contributed by atoms with E-state index in [9.17, 15) is 31.9 Å². The first kappa shape index (κ1) is 26.8. The zero-order valence-electron chi connectivity index (χ0n) is 20.9. The fourth-order valence-electron chi connectivity index (χ4n) is 4.93. The Kier molecular flexibility index (Phi) is 6.91. The quantitative estimate of drug-likeness (QED) is 0.341. The van der Waals surface area contributed by atoms with E-state index in [0.29, 0.717) is 21.8 Å². The Labute approximate surface area is 224 Å². The summed E-state index contributed by atoms with van der Waals surface area (Å²) in [4.78, 5) is 39.2. The van der Waals surface area contributed by atoms with Crippen molar-refractivity contribution in [3.8, 4) is 5.75 Å². The van der Waals surface area contributed by atoms with Gasteiger partial charge in [0, 0.05) is 47.9 Å². The maximum Gasteiger partial charge on any atom is 0.408 e. The number of aromatic nitrogens is 1. The minimum atomic E-state index is -4.76. The van der Waals surface area contributed by atoms with Crippen LogP contribution in [0.2, 0.25) is 0 Å². The Hall–Kier alpha value is -3.80. The lowest BCUT2D eigenvalue weighted by molar-refractivity contribution is -0.173. The maximum atomic E-state index is 14.9. The molecule has 1 amide bonds. The standard InChI is InChI=1S/C27H23F4N3O4S/c1-15(27(29,30)31)33-14-32(34-11-10-22(36)25(38-16(2)35)24(34)26(33)37)12-19-17-7-5-8-21(28)20(17)13-39-23-9-4-3-6-18(19)23/h3-11,15,19H,12-14H2,1-2H3/t15-,19+/m0/s1. The van der Waals surface area contributed by atoms with Gasteiger partial charge in [0.2, 0.25) is 11.2 Å². The van der Waals surface area contributed by atoms with Gasteiger partial charge >= 0.3 is 12.1 Å². The molecule has 0 bridgehead atoms. The first-order valence-corrected chi connectivity index (χ1v) is 13.0. The van der Waals surface area contributed by atoms with Crippen molar-refractivity contribution in [2.24, 2.45) is 0 Å². The maximum absolute atomic E-state index is 14.9. The van der Waals surface area contributed by atoms with Crippen LogP contribution in [0, 0.1) is 5.82 Å². The van der Waals surface area contributed by atoms with Crippen molar-refractivity contribution < 1.29 is 31.9 Å². The van der Waals surface area contributed by atoms with Crippen LogP contribution in [0.4, 0.5) is 17.6 Å². The van der Waals surface area contributed by atoms with Gasteiger partial charge in [-0.05, 0) is 30.2 Å². The number of amides is 1. The van der Waals surface area contributed by atoms with E-state index in [1.54, 1.807) is 12.1 Å². The molecular formula is C27H23F4N3O4S. The van der Waals surface area contributed by atoms with E-state index in [2.05, 4.69) is 0 Å². The molecule has 7 nitrogen and oxygen atoms in total. The third kappa shape index (κ3) is 4.88. The van der Waals surface area contributed by atoms with Gasteiger partial charge in [-0.2, -0.15) is 13.2 Å². The molecule has 2 aliphatic heterocycles. The molecule has 204 valence electrons.